The normalized spacial score (nSPS) is 12.6. The van der Waals surface area contributed by atoms with Crippen molar-refractivity contribution in [3.63, 3.8) is 0 Å². The Labute approximate surface area is 121 Å². The smallest absolute Gasteiger partial charge is 0.0624 e. The molecule has 0 saturated carbocycles. The highest BCUT2D eigenvalue weighted by Gasteiger charge is 2.16. The van der Waals surface area contributed by atoms with Crippen LogP contribution in [0.2, 0.25) is 0 Å². The second-order valence-corrected chi connectivity index (χ2v) is 5.24. The van der Waals surface area contributed by atoms with Gasteiger partial charge in [-0.1, -0.05) is 31.2 Å². The number of aliphatic hydroxyl groups excluding tert-OH is 1. The van der Waals surface area contributed by atoms with Gasteiger partial charge in [0, 0.05) is 18.2 Å². The molecule has 1 N–H and O–H groups in total. The molecule has 2 rings (SSSR count). The minimum absolute atomic E-state index is 0.142. The van der Waals surface area contributed by atoms with E-state index in [1.807, 2.05) is 12.1 Å². The highest BCUT2D eigenvalue weighted by molar-refractivity contribution is 5.30. The summed E-state index contributed by atoms with van der Waals surface area (Å²) in [5.74, 6) is 0.142. The molecule has 0 fully saturated rings. The maximum atomic E-state index is 9.76. The van der Waals surface area contributed by atoms with E-state index in [0.717, 1.165) is 25.1 Å². The minimum atomic E-state index is 0.142. The Balaban J connectivity index is 2.26. The van der Waals surface area contributed by atoms with Crippen LogP contribution in [-0.2, 0) is 19.4 Å². The molecule has 0 spiro atoms. The van der Waals surface area contributed by atoms with Crippen LogP contribution in [0.25, 0.3) is 0 Å². The lowest BCUT2D eigenvalue weighted by Gasteiger charge is -2.17. The van der Waals surface area contributed by atoms with Gasteiger partial charge in [-0.3, -0.25) is 4.68 Å². The van der Waals surface area contributed by atoms with E-state index in [9.17, 15) is 5.11 Å². The predicted octanol–water partition coefficient (Wildman–Crippen LogP) is 3.09. The van der Waals surface area contributed by atoms with Crippen molar-refractivity contribution < 1.29 is 5.11 Å². The van der Waals surface area contributed by atoms with Crippen molar-refractivity contribution in [1.29, 1.82) is 0 Å². The van der Waals surface area contributed by atoms with E-state index >= 15 is 0 Å². The van der Waals surface area contributed by atoms with Crippen LogP contribution in [0.3, 0.4) is 0 Å². The molecule has 1 aromatic heterocycles. The molecule has 0 amide bonds. The van der Waals surface area contributed by atoms with Gasteiger partial charge in [-0.15, -0.1) is 0 Å². The fourth-order valence-corrected chi connectivity index (χ4v) is 2.70. The number of aromatic nitrogens is 2. The second-order valence-electron chi connectivity index (χ2n) is 5.24. The fourth-order valence-electron chi connectivity index (χ4n) is 2.70. The average Bonchev–Trinajstić information content (AvgIpc) is 2.88. The Bertz CT molecular complexity index is 560. The summed E-state index contributed by atoms with van der Waals surface area (Å²) in [7, 11) is 0. The molecule has 0 radical (unpaired) electrons. The third-order valence-electron chi connectivity index (χ3n) is 3.88. The first-order valence-corrected chi connectivity index (χ1v) is 7.41. The van der Waals surface area contributed by atoms with Crippen LogP contribution in [0.5, 0.6) is 0 Å². The molecule has 0 aliphatic rings. The molecule has 0 aliphatic carbocycles. The van der Waals surface area contributed by atoms with Gasteiger partial charge in [-0.25, -0.2) is 0 Å². The molecule has 0 aliphatic heterocycles. The van der Waals surface area contributed by atoms with Gasteiger partial charge in [-0.2, -0.15) is 5.10 Å². The first-order valence-electron chi connectivity index (χ1n) is 7.41. The fraction of sp³-hybridized carbons (Fsp3) is 0.471. The molecule has 108 valence electrons. The molecular formula is C17H24N2O. The van der Waals surface area contributed by atoms with Gasteiger partial charge in [0.2, 0.25) is 0 Å². The zero-order valence-corrected chi connectivity index (χ0v) is 12.6. The molecule has 1 aromatic carbocycles. The zero-order valence-electron chi connectivity index (χ0n) is 12.6. The summed E-state index contributed by atoms with van der Waals surface area (Å²) in [5.41, 5.74) is 4.82. The first-order chi connectivity index (χ1) is 9.69. The highest BCUT2D eigenvalue weighted by Crippen LogP contribution is 2.24. The van der Waals surface area contributed by atoms with Crippen LogP contribution in [0.1, 0.15) is 42.3 Å². The maximum Gasteiger partial charge on any atom is 0.0624 e. The summed E-state index contributed by atoms with van der Waals surface area (Å²) in [6.07, 6.45) is 1.79. The van der Waals surface area contributed by atoms with Gasteiger partial charge in [0.15, 0.2) is 0 Å². The summed E-state index contributed by atoms with van der Waals surface area (Å²) < 4.78 is 2.06. The van der Waals surface area contributed by atoms with E-state index in [1.165, 1.54) is 16.8 Å². The average molecular weight is 272 g/mol. The molecule has 1 unspecified atom stereocenters. The standard InChI is InChI=1S/C17H24N2O/c1-4-15-11-16(19(5-2)18-15)10-14(12-20)17-9-7-6-8-13(17)3/h6-9,11,14,20H,4-5,10,12H2,1-3H3. The number of benzene rings is 1. The lowest BCUT2D eigenvalue weighted by molar-refractivity contribution is 0.262. The minimum Gasteiger partial charge on any atom is -0.396 e. The Morgan fingerprint density at radius 1 is 1.25 bits per heavy atom. The first kappa shape index (κ1) is 14.8. The molecule has 20 heavy (non-hydrogen) atoms. The maximum absolute atomic E-state index is 9.76. The van der Waals surface area contributed by atoms with E-state index in [1.54, 1.807) is 0 Å². The number of aliphatic hydroxyl groups is 1. The number of hydrogen-bond donors (Lipinski definition) is 1. The van der Waals surface area contributed by atoms with Gasteiger partial charge in [0.05, 0.1) is 12.3 Å². The predicted molar refractivity (Wildman–Crippen MR) is 82.0 cm³/mol. The summed E-state index contributed by atoms with van der Waals surface area (Å²) >= 11 is 0. The van der Waals surface area contributed by atoms with Gasteiger partial charge in [0.1, 0.15) is 0 Å². The van der Waals surface area contributed by atoms with Crippen LogP contribution < -0.4 is 0 Å². The van der Waals surface area contributed by atoms with Gasteiger partial charge >= 0.3 is 0 Å². The Morgan fingerprint density at radius 2 is 2.00 bits per heavy atom. The monoisotopic (exact) mass is 272 g/mol. The Morgan fingerprint density at radius 3 is 2.60 bits per heavy atom. The summed E-state index contributed by atoms with van der Waals surface area (Å²) in [6.45, 7) is 7.38. The molecule has 0 bridgehead atoms. The zero-order chi connectivity index (χ0) is 14.5. The van der Waals surface area contributed by atoms with E-state index in [4.69, 9.17) is 0 Å². The summed E-state index contributed by atoms with van der Waals surface area (Å²) in [4.78, 5) is 0. The lowest BCUT2D eigenvalue weighted by Crippen LogP contribution is -2.13. The number of hydrogen-bond acceptors (Lipinski definition) is 2. The molecule has 3 nitrogen and oxygen atoms in total. The van der Waals surface area contributed by atoms with E-state index in [2.05, 4.69) is 48.8 Å². The topological polar surface area (TPSA) is 38.0 Å². The lowest BCUT2D eigenvalue weighted by atomic mass is 9.91. The van der Waals surface area contributed by atoms with Crippen molar-refractivity contribution >= 4 is 0 Å². The highest BCUT2D eigenvalue weighted by atomic mass is 16.3. The summed E-state index contributed by atoms with van der Waals surface area (Å²) in [6, 6.07) is 10.5. The molecule has 1 heterocycles. The number of nitrogens with zero attached hydrogens (tertiary/aromatic N) is 2. The van der Waals surface area contributed by atoms with E-state index in [0.29, 0.717) is 0 Å². The Hall–Kier alpha value is -1.61. The van der Waals surface area contributed by atoms with Crippen molar-refractivity contribution in [2.75, 3.05) is 6.61 Å². The van der Waals surface area contributed by atoms with Crippen molar-refractivity contribution in [3.05, 3.63) is 52.8 Å². The number of aryl methyl sites for hydroxylation is 3. The largest absolute Gasteiger partial charge is 0.396 e. The quantitative estimate of drug-likeness (QED) is 0.877. The van der Waals surface area contributed by atoms with Crippen LogP contribution in [0.4, 0.5) is 0 Å². The van der Waals surface area contributed by atoms with Crippen LogP contribution in [0, 0.1) is 6.92 Å². The second kappa shape index (κ2) is 6.71. The SMILES string of the molecule is CCc1cc(CC(CO)c2ccccc2C)n(CC)n1. The molecular weight excluding hydrogens is 248 g/mol. The summed E-state index contributed by atoms with van der Waals surface area (Å²) in [5, 5.41) is 14.3. The molecule has 3 heteroatoms. The van der Waals surface area contributed by atoms with Gasteiger partial charge in [-0.05, 0) is 43.9 Å². The van der Waals surface area contributed by atoms with Crippen molar-refractivity contribution in [3.8, 4) is 0 Å². The third kappa shape index (κ3) is 3.10. The molecule has 0 saturated heterocycles. The van der Waals surface area contributed by atoms with Crippen molar-refractivity contribution in [1.82, 2.24) is 9.78 Å². The molecule has 1 atom stereocenters. The van der Waals surface area contributed by atoms with Crippen LogP contribution in [-0.4, -0.2) is 21.5 Å². The van der Waals surface area contributed by atoms with Crippen molar-refractivity contribution in [2.45, 2.75) is 46.1 Å². The Kier molecular flexibility index (Phi) is 4.96. The van der Waals surface area contributed by atoms with E-state index < -0.39 is 0 Å². The van der Waals surface area contributed by atoms with Crippen LogP contribution >= 0.6 is 0 Å². The third-order valence-corrected chi connectivity index (χ3v) is 3.88. The molecule has 2 aromatic rings. The number of rotatable bonds is 6. The van der Waals surface area contributed by atoms with Crippen LogP contribution in [0.15, 0.2) is 30.3 Å². The van der Waals surface area contributed by atoms with Crippen molar-refractivity contribution in [2.24, 2.45) is 0 Å². The van der Waals surface area contributed by atoms with Gasteiger partial charge in [0.25, 0.3) is 0 Å². The van der Waals surface area contributed by atoms with Gasteiger partial charge < -0.3 is 5.11 Å². The van der Waals surface area contributed by atoms with E-state index in [-0.39, 0.29) is 12.5 Å².